The molecule has 0 bridgehead atoms. The summed E-state index contributed by atoms with van der Waals surface area (Å²) in [5, 5.41) is 4.61. The summed E-state index contributed by atoms with van der Waals surface area (Å²) in [5.74, 6) is 0. The van der Waals surface area contributed by atoms with E-state index in [2.05, 4.69) is 56.1 Å². The smallest absolute Gasteiger partial charge is 0.0453 e. The molecule has 1 heterocycles. The fraction of sp³-hybridized carbons (Fsp3) is 0.647. The predicted octanol–water partition coefficient (Wildman–Crippen LogP) is 4.00. The van der Waals surface area contributed by atoms with Crippen LogP contribution in [0.3, 0.4) is 0 Å². The normalized spacial score (nSPS) is 27.8. The third kappa shape index (κ3) is 3.55. The van der Waals surface area contributed by atoms with Crippen molar-refractivity contribution in [2.45, 2.75) is 58.7 Å². The van der Waals surface area contributed by atoms with Crippen molar-refractivity contribution >= 4 is 11.6 Å². The van der Waals surface area contributed by atoms with Crippen LogP contribution in [-0.2, 0) is 6.54 Å². The Morgan fingerprint density at radius 1 is 1.40 bits per heavy atom. The maximum absolute atomic E-state index is 6.40. The first-order valence-corrected chi connectivity index (χ1v) is 8.09. The second-order valence-corrected chi connectivity index (χ2v) is 6.76. The molecule has 1 N–H and O–H groups in total. The Morgan fingerprint density at radius 3 is 2.75 bits per heavy atom. The van der Waals surface area contributed by atoms with Gasteiger partial charge in [-0.2, -0.15) is 0 Å². The van der Waals surface area contributed by atoms with E-state index in [9.17, 15) is 0 Å². The summed E-state index contributed by atoms with van der Waals surface area (Å²) < 4.78 is 0. The van der Waals surface area contributed by atoms with E-state index in [1.165, 1.54) is 17.5 Å². The molecule has 0 radical (unpaired) electrons. The minimum absolute atomic E-state index is 0.225. The Morgan fingerprint density at radius 2 is 2.15 bits per heavy atom. The van der Waals surface area contributed by atoms with Gasteiger partial charge in [0.15, 0.2) is 0 Å². The van der Waals surface area contributed by atoms with Crippen LogP contribution in [0.2, 0.25) is 5.02 Å². The number of nitrogens with zero attached hydrogens (tertiary/aromatic N) is 1. The molecule has 2 rings (SSSR count). The molecule has 2 nitrogen and oxygen atoms in total. The summed E-state index contributed by atoms with van der Waals surface area (Å²) in [7, 11) is 0. The van der Waals surface area contributed by atoms with Crippen molar-refractivity contribution in [1.29, 1.82) is 0 Å². The van der Waals surface area contributed by atoms with Gasteiger partial charge in [-0.1, -0.05) is 37.6 Å². The molecule has 20 heavy (non-hydrogen) atoms. The Labute approximate surface area is 128 Å². The molecule has 1 aromatic rings. The van der Waals surface area contributed by atoms with E-state index in [1.807, 2.05) is 0 Å². The van der Waals surface area contributed by atoms with Gasteiger partial charge in [-0.05, 0) is 43.9 Å². The van der Waals surface area contributed by atoms with Gasteiger partial charge >= 0.3 is 0 Å². The zero-order valence-corrected chi connectivity index (χ0v) is 13.9. The summed E-state index contributed by atoms with van der Waals surface area (Å²) >= 11 is 6.40. The summed E-state index contributed by atoms with van der Waals surface area (Å²) in [4.78, 5) is 2.59. The van der Waals surface area contributed by atoms with Crippen molar-refractivity contribution in [3.8, 4) is 0 Å². The van der Waals surface area contributed by atoms with E-state index in [4.69, 9.17) is 11.6 Å². The van der Waals surface area contributed by atoms with Crippen molar-refractivity contribution in [3.63, 3.8) is 0 Å². The molecule has 0 amide bonds. The quantitative estimate of drug-likeness (QED) is 0.903. The van der Waals surface area contributed by atoms with Crippen molar-refractivity contribution in [2.24, 2.45) is 0 Å². The molecule has 0 spiro atoms. The lowest BCUT2D eigenvalue weighted by molar-refractivity contribution is 0.0755. The Bertz CT molecular complexity index is 460. The average Bonchev–Trinajstić information content (AvgIpc) is 2.42. The molecule has 0 aromatic heterocycles. The van der Waals surface area contributed by atoms with Gasteiger partial charge in [0.2, 0.25) is 0 Å². The third-order valence-corrected chi connectivity index (χ3v) is 5.02. The first-order valence-electron chi connectivity index (χ1n) is 7.71. The Kier molecular flexibility index (Phi) is 5.11. The van der Waals surface area contributed by atoms with Gasteiger partial charge in [0, 0.05) is 36.2 Å². The zero-order chi connectivity index (χ0) is 14.8. The van der Waals surface area contributed by atoms with E-state index >= 15 is 0 Å². The standard InChI is InChI=1S/C17H27ClN2/c1-5-15-10-19-17(4,6-2)12-20(15)11-14-8-7-13(3)9-16(14)18/h7-9,15,19H,5-6,10-12H2,1-4H3. The zero-order valence-electron chi connectivity index (χ0n) is 13.2. The highest BCUT2D eigenvalue weighted by atomic mass is 35.5. The highest BCUT2D eigenvalue weighted by Gasteiger charge is 2.33. The number of piperazine rings is 1. The number of rotatable bonds is 4. The van der Waals surface area contributed by atoms with Gasteiger partial charge in [-0.15, -0.1) is 0 Å². The van der Waals surface area contributed by atoms with Crippen LogP contribution in [0, 0.1) is 6.92 Å². The number of hydrogen-bond donors (Lipinski definition) is 1. The van der Waals surface area contributed by atoms with E-state index in [1.54, 1.807) is 0 Å². The van der Waals surface area contributed by atoms with E-state index in [-0.39, 0.29) is 5.54 Å². The molecular weight excluding hydrogens is 268 g/mol. The lowest BCUT2D eigenvalue weighted by Gasteiger charge is -2.46. The lowest BCUT2D eigenvalue weighted by Crippen LogP contribution is -2.62. The molecule has 0 aliphatic carbocycles. The summed E-state index contributed by atoms with van der Waals surface area (Å²) in [6.07, 6.45) is 2.33. The largest absolute Gasteiger partial charge is 0.309 e. The van der Waals surface area contributed by atoms with Crippen LogP contribution in [0.1, 0.15) is 44.7 Å². The lowest BCUT2D eigenvalue weighted by atomic mass is 9.92. The monoisotopic (exact) mass is 294 g/mol. The molecule has 1 saturated heterocycles. The van der Waals surface area contributed by atoms with Crippen LogP contribution in [0.15, 0.2) is 18.2 Å². The Hall–Kier alpha value is -0.570. The number of hydrogen-bond acceptors (Lipinski definition) is 2. The molecule has 1 fully saturated rings. The number of nitrogens with one attached hydrogen (secondary N) is 1. The molecular formula is C17H27ClN2. The highest BCUT2D eigenvalue weighted by Crippen LogP contribution is 2.25. The number of aryl methyl sites for hydroxylation is 1. The maximum Gasteiger partial charge on any atom is 0.0453 e. The fourth-order valence-electron chi connectivity index (χ4n) is 2.95. The molecule has 1 aromatic carbocycles. The van der Waals surface area contributed by atoms with Gasteiger partial charge in [0.05, 0.1) is 0 Å². The fourth-order valence-corrected chi connectivity index (χ4v) is 3.25. The predicted molar refractivity (Wildman–Crippen MR) is 87.4 cm³/mol. The summed E-state index contributed by atoms with van der Waals surface area (Å²) in [5.41, 5.74) is 2.70. The van der Waals surface area contributed by atoms with Crippen LogP contribution in [-0.4, -0.2) is 29.6 Å². The van der Waals surface area contributed by atoms with Gasteiger partial charge in [-0.25, -0.2) is 0 Å². The first kappa shape index (κ1) is 15.8. The SMILES string of the molecule is CCC1CNC(C)(CC)CN1Cc1ccc(C)cc1Cl. The van der Waals surface area contributed by atoms with Crippen molar-refractivity contribution in [2.75, 3.05) is 13.1 Å². The van der Waals surface area contributed by atoms with Crippen LogP contribution in [0.25, 0.3) is 0 Å². The van der Waals surface area contributed by atoms with Gasteiger partial charge in [0.25, 0.3) is 0 Å². The van der Waals surface area contributed by atoms with Crippen molar-refractivity contribution < 1.29 is 0 Å². The second kappa shape index (κ2) is 6.46. The van der Waals surface area contributed by atoms with Crippen molar-refractivity contribution in [3.05, 3.63) is 34.3 Å². The Balaban J connectivity index is 2.15. The van der Waals surface area contributed by atoms with Crippen LogP contribution >= 0.6 is 11.6 Å². The first-order chi connectivity index (χ1) is 9.47. The van der Waals surface area contributed by atoms with E-state index < -0.39 is 0 Å². The van der Waals surface area contributed by atoms with Crippen molar-refractivity contribution in [1.82, 2.24) is 10.2 Å². The third-order valence-electron chi connectivity index (χ3n) is 4.67. The van der Waals surface area contributed by atoms with Gasteiger partial charge in [0.1, 0.15) is 0 Å². The molecule has 2 unspecified atom stereocenters. The number of benzene rings is 1. The molecule has 2 atom stereocenters. The highest BCUT2D eigenvalue weighted by molar-refractivity contribution is 6.31. The second-order valence-electron chi connectivity index (χ2n) is 6.36. The minimum Gasteiger partial charge on any atom is -0.309 e. The summed E-state index contributed by atoms with van der Waals surface area (Å²) in [6, 6.07) is 7.00. The van der Waals surface area contributed by atoms with E-state index in [0.29, 0.717) is 6.04 Å². The van der Waals surface area contributed by atoms with Crippen LogP contribution in [0.4, 0.5) is 0 Å². The van der Waals surface area contributed by atoms with Crippen LogP contribution < -0.4 is 5.32 Å². The molecule has 0 saturated carbocycles. The summed E-state index contributed by atoms with van der Waals surface area (Å²) in [6.45, 7) is 12.1. The van der Waals surface area contributed by atoms with Gasteiger partial charge in [-0.3, -0.25) is 4.90 Å². The average molecular weight is 295 g/mol. The minimum atomic E-state index is 0.225. The topological polar surface area (TPSA) is 15.3 Å². The van der Waals surface area contributed by atoms with E-state index in [0.717, 1.165) is 31.1 Å². The molecule has 112 valence electrons. The number of halogens is 1. The van der Waals surface area contributed by atoms with Crippen LogP contribution in [0.5, 0.6) is 0 Å². The van der Waals surface area contributed by atoms with Gasteiger partial charge < -0.3 is 5.32 Å². The molecule has 1 aliphatic rings. The molecule has 1 aliphatic heterocycles. The molecule has 3 heteroatoms. The maximum atomic E-state index is 6.40.